The molecule has 0 aliphatic carbocycles. The van der Waals surface area contributed by atoms with Crippen LogP contribution in [0.25, 0.3) is 0 Å². The predicted octanol–water partition coefficient (Wildman–Crippen LogP) is 1.28. The first kappa shape index (κ1) is 11.7. The van der Waals surface area contributed by atoms with Crippen LogP contribution in [0.5, 0.6) is 0 Å². The average molecular weight is 230 g/mol. The number of anilines is 2. The maximum absolute atomic E-state index is 8.81. The molecule has 1 aliphatic heterocycles. The van der Waals surface area contributed by atoms with Crippen molar-refractivity contribution in [3.05, 3.63) is 23.8 Å². The van der Waals surface area contributed by atoms with Crippen LogP contribution in [0, 0.1) is 11.3 Å². The quantitative estimate of drug-likeness (QED) is 0.778. The molecular weight excluding hydrogens is 212 g/mol. The minimum absolute atomic E-state index is 0.588. The van der Waals surface area contributed by atoms with Crippen LogP contribution in [0.4, 0.5) is 11.4 Å². The first-order valence-electron chi connectivity index (χ1n) is 5.83. The summed E-state index contributed by atoms with van der Waals surface area (Å²) in [6, 6.07) is 8.22. The lowest BCUT2D eigenvalue weighted by molar-refractivity contribution is 0.315. The second-order valence-electron chi connectivity index (χ2n) is 4.74. The molecule has 2 N–H and O–H groups in total. The van der Waals surface area contributed by atoms with E-state index < -0.39 is 0 Å². The van der Waals surface area contributed by atoms with E-state index in [9.17, 15) is 0 Å². The molecule has 90 valence electrons. The maximum Gasteiger partial charge on any atom is 0.0992 e. The van der Waals surface area contributed by atoms with Gasteiger partial charge in [0.1, 0.15) is 0 Å². The fourth-order valence-corrected chi connectivity index (χ4v) is 2.29. The molecule has 0 bridgehead atoms. The lowest BCUT2D eigenvalue weighted by atomic mass is 10.2. The summed E-state index contributed by atoms with van der Waals surface area (Å²) in [7, 11) is 4.21. The summed E-state index contributed by atoms with van der Waals surface area (Å²) < 4.78 is 0. The van der Waals surface area contributed by atoms with Crippen molar-refractivity contribution in [2.45, 2.75) is 12.5 Å². The Morgan fingerprint density at radius 3 is 2.76 bits per heavy atom. The molecule has 1 aromatic carbocycles. The fourth-order valence-electron chi connectivity index (χ4n) is 2.29. The summed E-state index contributed by atoms with van der Waals surface area (Å²) in [5.74, 6) is 0. The molecule has 4 heteroatoms. The average Bonchev–Trinajstić information content (AvgIpc) is 2.78. The van der Waals surface area contributed by atoms with E-state index in [-0.39, 0.29) is 0 Å². The highest BCUT2D eigenvalue weighted by Gasteiger charge is 2.25. The maximum atomic E-state index is 8.81. The van der Waals surface area contributed by atoms with Crippen molar-refractivity contribution in [1.82, 2.24) is 4.90 Å². The molecule has 1 fully saturated rings. The van der Waals surface area contributed by atoms with E-state index in [0.29, 0.717) is 17.3 Å². The zero-order valence-corrected chi connectivity index (χ0v) is 10.3. The number of nitriles is 1. The van der Waals surface area contributed by atoms with Crippen molar-refractivity contribution in [2.75, 3.05) is 37.8 Å². The van der Waals surface area contributed by atoms with Gasteiger partial charge in [0, 0.05) is 19.1 Å². The number of rotatable bonds is 2. The highest BCUT2D eigenvalue weighted by Crippen LogP contribution is 2.28. The summed E-state index contributed by atoms with van der Waals surface area (Å²) in [6.07, 6.45) is 1.16. The second-order valence-corrected chi connectivity index (χ2v) is 4.74. The van der Waals surface area contributed by atoms with Gasteiger partial charge in [0.05, 0.1) is 23.0 Å². The van der Waals surface area contributed by atoms with Gasteiger partial charge < -0.3 is 15.5 Å². The van der Waals surface area contributed by atoms with Crippen molar-refractivity contribution in [1.29, 1.82) is 5.26 Å². The lowest BCUT2D eigenvalue weighted by Gasteiger charge is -2.23. The first-order chi connectivity index (χ1) is 8.11. The Bertz CT molecular complexity index is 447. The van der Waals surface area contributed by atoms with Crippen molar-refractivity contribution >= 4 is 11.4 Å². The van der Waals surface area contributed by atoms with E-state index in [1.54, 1.807) is 6.07 Å². The molecule has 0 saturated carbocycles. The Morgan fingerprint density at radius 2 is 2.24 bits per heavy atom. The smallest absolute Gasteiger partial charge is 0.0992 e. The normalized spacial score (nSPS) is 19.6. The van der Waals surface area contributed by atoms with Crippen LogP contribution < -0.4 is 10.6 Å². The van der Waals surface area contributed by atoms with Gasteiger partial charge in [-0.1, -0.05) is 0 Å². The molecule has 0 aromatic heterocycles. The van der Waals surface area contributed by atoms with Crippen LogP contribution in [0.1, 0.15) is 12.0 Å². The van der Waals surface area contributed by atoms with Crippen LogP contribution in [-0.4, -0.2) is 38.1 Å². The largest absolute Gasteiger partial charge is 0.397 e. The van der Waals surface area contributed by atoms with E-state index in [0.717, 1.165) is 25.2 Å². The van der Waals surface area contributed by atoms with Gasteiger partial charge in [-0.2, -0.15) is 5.26 Å². The molecule has 1 unspecified atom stereocenters. The number of benzene rings is 1. The zero-order chi connectivity index (χ0) is 12.4. The molecular formula is C13H18N4. The molecule has 1 heterocycles. The van der Waals surface area contributed by atoms with Crippen molar-refractivity contribution in [2.24, 2.45) is 0 Å². The molecule has 0 amide bonds. The Kier molecular flexibility index (Phi) is 3.21. The monoisotopic (exact) mass is 230 g/mol. The molecule has 1 aromatic rings. The number of hydrogen-bond acceptors (Lipinski definition) is 4. The molecule has 1 saturated heterocycles. The summed E-state index contributed by atoms with van der Waals surface area (Å²) in [4.78, 5) is 4.54. The number of hydrogen-bond donors (Lipinski definition) is 1. The summed E-state index contributed by atoms with van der Waals surface area (Å²) in [5.41, 5.74) is 8.36. The van der Waals surface area contributed by atoms with Crippen molar-refractivity contribution in [3.63, 3.8) is 0 Å². The van der Waals surface area contributed by atoms with Crippen LogP contribution in [0.2, 0.25) is 0 Å². The summed E-state index contributed by atoms with van der Waals surface area (Å²) in [6.45, 7) is 2.03. The molecule has 1 aliphatic rings. The number of likely N-dealkylation sites (N-methyl/N-ethyl adjacent to an activating group) is 1. The third-order valence-corrected chi connectivity index (χ3v) is 3.39. The molecule has 2 rings (SSSR count). The summed E-state index contributed by atoms with van der Waals surface area (Å²) in [5, 5.41) is 8.81. The van der Waals surface area contributed by atoms with Crippen LogP contribution in [0.15, 0.2) is 18.2 Å². The van der Waals surface area contributed by atoms with Crippen molar-refractivity contribution in [3.8, 4) is 6.07 Å². The van der Waals surface area contributed by atoms with E-state index in [4.69, 9.17) is 11.0 Å². The Morgan fingerprint density at radius 1 is 1.47 bits per heavy atom. The minimum Gasteiger partial charge on any atom is -0.397 e. The van der Waals surface area contributed by atoms with Gasteiger partial charge in [-0.15, -0.1) is 0 Å². The van der Waals surface area contributed by atoms with Crippen LogP contribution in [-0.2, 0) is 0 Å². The highest BCUT2D eigenvalue weighted by molar-refractivity contribution is 5.70. The number of nitrogens with two attached hydrogens (primary N) is 1. The molecule has 1 atom stereocenters. The fraction of sp³-hybridized carbons (Fsp3) is 0.462. The van der Waals surface area contributed by atoms with E-state index in [1.807, 2.05) is 12.1 Å². The molecule has 0 radical (unpaired) electrons. The number of nitrogens with zero attached hydrogens (tertiary/aromatic N) is 3. The molecule has 0 spiro atoms. The van der Waals surface area contributed by atoms with E-state index in [2.05, 4.69) is 30.0 Å². The Hall–Kier alpha value is -1.73. The third-order valence-electron chi connectivity index (χ3n) is 3.39. The lowest BCUT2D eigenvalue weighted by Crippen LogP contribution is -2.31. The Labute approximate surface area is 102 Å². The SMILES string of the molecule is CN(C)C1CCN(c2ccc(C#N)cc2N)C1. The van der Waals surface area contributed by atoms with Crippen LogP contribution >= 0.6 is 0 Å². The Balaban J connectivity index is 2.17. The van der Waals surface area contributed by atoms with Crippen LogP contribution in [0.3, 0.4) is 0 Å². The second kappa shape index (κ2) is 4.64. The number of nitrogen functional groups attached to an aromatic ring is 1. The topological polar surface area (TPSA) is 56.3 Å². The van der Waals surface area contributed by atoms with Gasteiger partial charge in [-0.3, -0.25) is 0 Å². The minimum atomic E-state index is 0.588. The van der Waals surface area contributed by atoms with E-state index >= 15 is 0 Å². The van der Waals surface area contributed by atoms with Gasteiger partial charge in [0.15, 0.2) is 0 Å². The van der Waals surface area contributed by atoms with Gasteiger partial charge in [-0.05, 0) is 38.7 Å². The molecule has 4 nitrogen and oxygen atoms in total. The van der Waals surface area contributed by atoms with E-state index in [1.165, 1.54) is 0 Å². The third kappa shape index (κ3) is 2.34. The zero-order valence-electron chi connectivity index (χ0n) is 10.3. The van der Waals surface area contributed by atoms with Gasteiger partial charge in [0.25, 0.3) is 0 Å². The standard InChI is InChI=1S/C13H18N4/c1-16(2)11-5-6-17(9-11)13-4-3-10(8-14)7-12(13)15/h3-4,7,11H,5-6,9,15H2,1-2H3. The summed E-state index contributed by atoms with van der Waals surface area (Å²) >= 11 is 0. The first-order valence-corrected chi connectivity index (χ1v) is 5.83. The van der Waals surface area contributed by atoms with Gasteiger partial charge in [-0.25, -0.2) is 0 Å². The van der Waals surface area contributed by atoms with Crippen molar-refractivity contribution < 1.29 is 0 Å². The van der Waals surface area contributed by atoms with Gasteiger partial charge >= 0.3 is 0 Å². The van der Waals surface area contributed by atoms with Gasteiger partial charge in [0.2, 0.25) is 0 Å². The molecule has 17 heavy (non-hydrogen) atoms. The highest BCUT2D eigenvalue weighted by atomic mass is 15.2. The predicted molar refractivity (Wildman–Crippen MR) is 69.9 cm³/mol.